The van der Waals surface area contributed by atoms with Gasteiger partial charge in [0, 0.05) is 31.5 Å². The first-order valence-corrected chi connectivity index (χ1v) is 6.48. The molecule has 0 aromatic carbocycles. The van der Waals surface area contributed by atoms with Crippen molar-refractivity contribution >= 4 is 5.95 Å². The molecule has 1 aromatic heterocycles. The lowest BCUT2D eigenvalue weighted by atomic mass is 10.1. The van der Waals surface area contributed by atoms with E-state index in [0.29, 0.717) is 0 Å². The van der Waals surface area contributed by atoms with Crippen molar-refractivity contribution in [1.29, 1.82) is 0 Å². The summed E-state index contributed by atoms with van der Waals surface area (Å²) in [7, 11) is 0. The second-order valence-electron chi connectivity index (χ2n) is 4.51. The Bertz CT molecular complexity index is 308. The Kier molecular flexibility index (Phi) is 5.91. The van der Waals surface area contributed by atoms with Gasteiger partial charge in [0.15, 0.2) is 0 Å². The van der Waals surface area contributed by atoms with Crippen LogP contribution >= 0.6 is 0 Å². The van der Waals surface area contributed by atoms with E-state index in [0.717, 1.165) is 31.0 Å². The van der Waals surface area contributed by atoms with Crippen molar-refractivity contribution < 1.29 is 0 Å². The first-order valence-electron chi connectivity index (χ1n) is 6.48. The van der Waals surface area contributed by atoms with Crippen LogP contribution in [0, 0.1) is 0 Å². The Morgan fingerprint density at radius 3 is 2.41 bits per heavy atom. The van der Waals surface area contributed by atoms with Crippen LogP contribution in [0.4, 0.5) is 5.95 Å². The van der Waals surface area contributed by atoms with E-state index >= 15 is 0 Å². The third-order valence-corrected chi connectivity index (χ3v) is 2.70. The SMILES string of the molecule is CCCCN(CC)c1ncc(CC(C)N)cn1. The Hall–Kier alpha value is -1.16. The molecule has 2 N–H and O–H groups in total. The number of nitrogens with two attached hydrogens (primary N) is 1. The Labute approximate surface area is 104 Å². The fourth-order valence-electron chi connectivity index (χ4n) is 1.74. The maximum atomic E-state index is 5.75. The van der Waals surface area contributed by atoms with Crippen molar-refractivity contribution in [1.82, 2.24) is 9.97 Å². The number of nitrogens with zero attached hydrogens (tertiary/aromatic N) is 3. The fourth-order valence-corrected chi connectivity index (χ4v) is 1.74. The highest BCUT2D eigenvalue weighted by atomic mass is 15.2. The highest BCUT2D eigenvalue weighted by Gasteiger charge is 2.07. The van der Waals surface area contributed by atoms with E-state index in [1.807, 2.05) is 19.3 Å². The van der Waals surface area contributed by atoms with E-state index in [4.69, 9.17) is 5.73 Å². The number of hydrogen-bond donors (Lipinski definition) is 1. The van der Waals surface area contributed by atoms with Gasteiger partial charge >= 0.3 is 0 Å². The average Bonchev–Trinajstić information content (AvgIpc) is 2.31. The first kappa shape index (κ1) is 13.9. The lowest BCUT2D eigenvalue weighted by molar-refractivity contribution is 0.705. The Balaban J connectivity index is 2.64. The van der Waals surface area contributed by atoms with Gasteiger partial charge < -0.3 is 10.6 Å². The van der Waals surface area contributed by atoms with Crippen molar-refractivity contribution in [3.05, 3.63) is 18.0 Å². The zero-order valence-corrected chi connectivity index (χ0v) is 11.2. The largest absolute Gasteiger partial charge is 0.341 e. The molecule has 0 radical (unpaired) electrons. The molecule has 4 nitrogen and oxygen atoms in total. The first-order chi connectivity index (χ1) is 8.17. The van der Waals surface area contributed by atoms with Gasteiger partial charge in [-0.2, -0.15) is 0 Å². The minimum atomic E-state index is 0.159. The van der Waals surface area contributed by atoms with E-state index in [2.05, 4.69) is 28.7 Å². The molecular formula is C13H24N4. The van der Waals surface area contributed by atoms with Crippen LogP contribution in [0.2, 0.25) is 0 Å². The standard InChI is InChI=1S/C13H24N4/c1-4-6-7-17(5-2)13-15-9-12(10-16-13)8-11(3)14/h9-11H,4-8,14H2,1-3H3. The van der Waals surface area contributed by atoms with Crippen LogP contribution in [0.5, 0.6) is 0 Å². The molecule has 0 fully saturated rings. The molecule has 96 valence electrons. The van der Waals surface area contributed by atoms with Gasteiger partial charge in [-0.25, -0.2) is 9.97 Å². The number of hydrogen-bond acceptors (Lipinski definition) is 4. The molecule has 4 heteroatoms. The third-order valence-electron chi connectivity index (χ3n) is 2.70. The van der Waals surface area contributed by atoms with Gasteiger partial charge in [0.2, 0.25) is 5.95 Å². The minimum Gasteiger partial charge on any atom is -0.341 e. The van der Waals surface area contributed by atoms with E-state index in [1.54, 1.807) is 0 Å². The summed E-state index contributed by atoms with van der Waals surface area (Å²) in [5, 5.41) is 0. The van der Waals surface area contributed by atoms with Gasteiger partial charge in [-0.1, -0.05) is 13.3 Å². The van der Waals surface area contributed by atoms with Crippen LogP contribution in [0.15, 0.2) is 12.4 Å². The summed E-state index contributed by atoms with van der Waals surface area (Å²) >= 11 is 0. The average molecular weight is 236 g/mol. The van der Waals surface area contributed by atoms with Crippen LogP contribution in [-0.4, -0.2) is 29.1 Å². The summed E-state index contributed by atoms with van der Waals surface area (Å²) in [5.41, 5.74) is 6.85. The summed E-state index contributed by atoms with van der Waals surface area (Å²) in [4.78, 5) is 11.0. The molecule has 1 heterocycles. The molecule has 0 bridgehead atoms. The number of aromatic nitrogens is 2. The monoisotopic (exact) mass is 236 g/mol. The third kappa shape index (κ3) is 4.69. The maximum absolute atomic E-state index is 5.75. The van der Waals surface area contributed by atoms with E-state index < -0.39 is 0 Å². The van der Waals surface area contributed by atoms with Crippen LogP contribution in [0.1, 0.15) is 39.2 Å². The molecular weight excluding hydrogens is 212 g/mol. The van der Waals surface area contributed by atoms with Gasteiger partial charge in [0.1, 0.15) is 0 Å². The van der Waals surface area contributed by atoms with Crippen molar-refractivity contribution in [3.63, 3.8) is 0 Å². The van der Waals surface area contributed by atoms with Gasteiger partial charge in [0.05, 0.1) is 0 Å². The maximum Gasteiger partial charge on any atom is 0.225 e. The highest BCUT2D eigenvalue weighted by molar-refractivity contribution is 5.29. The summed E-state index contributed by atoms with van der Waals surface area (Å²) in [5.74, 6) is 0.828. The zero-order chi connectivity index (χ0) is 12.7. The van der Waals surface area contributed by atoms with E-state index in [-0.39, 0.29) is 6.04 Å². The Morgan fingerprint density at radius 2 is 1.94 bits per heavy atom. The van der Waals surface area contributed by atoms with Gasteiger partial charge in [-0.05, 0) is 32.3 Å². The number of anilines is 1. The molecule has 0 aliphatic carbocycles. The van der Waals surface area contributed by atoms with Crippen molar-refractivity contribution in [2.75, 3.05) is 18.0 Å². The van der Waals surface area contributed by atoms with Crippen LogP contribution < -0.4 is 10.6 Å². The molecule has 1 atom stereocenters. The molecule has 1 rings (SSSR count). The van der Waals surface area contributed by atoms with Gasteiger partial charge in [0.25, 0.3) is 0 Å². The van der Waals surface area contributed by atoms with E-state index in [1.165, 1.54) is 12.8 Å². The van der Waals surface area contributed by atoms with Crippen LogP contribution in [-0.2, 0) is 6.42 Å². The van der Waals surface area contributed by atoms with Crippen molar-refractivity contribution in [2.24, 2.45) is 5.73 Å². The summed E-state index contributed by atoms with van der Waals surface area (Å²) in [6.45, 7) is 8.30. The molecule has 0 aliphatic rings. The zero-order valence-electron chi connectivity index (χ0n) is 11.2. The highest BCUT2D eigenvalue weighted by Crippen LogP contribution is 2.09. The van der Waals surface area contributed by atoms with E-state index in [9.17, 15) is 0 Å². The van der Waals surface area contributed by atoms with Crippen LogP contribution in [0.25, 0.3) is 0 Å². The van der Waals surface area contributed by atoms with Crippen molar-refractivity contribution in [2.45, 2.75) is 46.1 Å². The minimum absolute atomic E-state index is 0.159. The smallest absolute Gasteiger partial charge is 0.225 e. The molecule has 0 spiro atoms. The predicted molar refractivity (Wildman–Crippen MR) is 72.2 cm³/mol. The quantitative estimate of drug-likeness (QED) is 0.786. The van der Waals surface area contributed by atoms with Gasteiger partial charge in [-0.15, -0.1) is 0 Å². The predicted octanol–water partition coefficient (Wildman–Crippen LogP) is 1.99. The Morgan fingerprint density at radius 1 is 1.29 bits per heavy atom. The summed E-state index contributed by atoms with van der Waals surface area (Å²) in [6, 6.07) is 0.159. The summed E-state index contributed by atoms with van der Waals surface area (Å²) in [6.07, 6.45) is 6.99. The molecule has 17 heavy (non-hydrogen) atoms. The fraction of sp³-hybridized carbons (Fsp3) is 0.692. The van der Waals surface area contributed by atoms with Gasteiger partial charge in [-0.3, -0.25) is 0 Å². The number of unbranched alkanes of at least 4 members (excludes halogenated alkanes) is 1. The summed E-state index contributed by atoms with van der Waals surface area (Å²) < 4.78 is 0. The molecule has 0 amide bonds. The molecule has 1 aromatic rings. The molecule has 0 aliphatic heterocycles. The topological polar surface area (TPSA) is 55.0 Å². The second kappa shape index (κ2) is 7.22. The van der Waals surface area contributed by atoms with Crippen LogP contribution in [0.3, 0.4) is 0 Å². The lowest BCUT2D eigenvalue weighted by Crippen LogP contribution is -2.26. The lowest BCUT2D eigenvalue weighted by Gasteiger charge is -2.20. The molecule has 1 unspecified atom stereocenters. The normalized spacial score (nSPS) is 12.5. The molecule has 0 saturated heterocycles. The second-order valence-corrected chi connectivity index (χ2v) is 4.51. The molecule has 0 saturated carbocycles. The van der Waals surface area contributed by atoms with Crippen molar-refractivity contribution in [3.8, 4) is 0 Å². The number of rotatable bonds is 7.